The first kappa shape index (κ1) is 13.4. The Bertz CT molecular complexity index is 155. The first-order valence-corrected chi connectivity index (χ1v) is 6.58. The van der Waals surface area contributed by atoms with Crippen LogP contribution >= 0.6 is 15.9 Å². The van der Waals surface area contributed by atoms with Crippen LogP contribution in [-0.2, 0) is 14.2 Å². The molecule has 0 saturated heterocycles. The second-order valence-electron chi connectivity index (χ2n) is 3.81. The van der Waals surface area contributed by atoms with Gasteiger partial charge < -0.3 is 14.2 Å². The van der Waals surface area contributed by atoms with E-state index in [0.717, 1.165) is 19.6 Å². The molecule has 15 heavy (non-hydrogen) atoms. The minimum Gasteiger partial charge on any atom is -0.382 e. The van der Waals surface area contributed by atoms with E-state index in [1.165, 1.54) is 19.3 Å². The Morgan fingerprint density at radius 1 is 1.13 bits per heavy atom. The maximum Gasteiger partial charge on any atom is 0.0700 e. The summed E-state index contributed by atoms with van der Waals surface area (Å²) in [4.78, 5) is 0.562. The Balaban J connectivity index is 1.84. The molecule has 0 heterocycles. The van der Waals surface area contributed by atoms with Crippen molar-refractivity contribution in [3.8, 4) is 0 Å². The molecular formula is C11H21BrO3. The number of hydrogen-bond donors (Lipinski definition) is 0. The molecule has 0 radical (unpaired) electrons. The fourth-order valence-electron chi connectivity index (χ4n) is 1.71. The molecule has 3 nitrogen and oxygen atoms in total. The minimum absolute atomic E-state index is 0.420. The lowest BCUT2D eigenvalue weighted by Gasteiger charge is -2.14. The molecule has 90 valence electrons. The van der Waals surface area contributed by atoms with E-state index in [2.05, 4.69) is 15.9 Å². The second kappa shape index (κ2) is 8.50. The normalized spacial score (nSPS) is 26.0. The largest absolute Gasteiger partial charge is 0.382 e. The predicted molar refractivity (Wildman–Crippen MR) is 63.6 cm³/mol. The van der Waals surface area contributed by atoms with E-state index in [1.807, 2.05) is 0 Å². The van der Waals surface area contributed by atoms with E-state index in [-0.39, 0.29) is 0 Å². The van der Waals surface area contributed by atoms with Crippen molar-refractivity contribution in [2.24, 2.45) is 0 Å². The molecule has 0 aromatic heterocycles. The van der Waals surface area contributed by atoms with Gasteiger partial charge >= 0.3 is 0 Å². The lowest BCUT2D eigenvalue weighted by atomic mass is 10.3. The quantitative estimate of drug-likeness (QED) is 0.505. The maximum atomic E-state index is 5.76. The highest BCUT2D eigenvalue weighted by Gasteiger charge is 2.24. The highest BCUT2D eigenvalue weighted by atomic mass is 79.9. The molecule has 2 unspecified atom stereocenters. The van der Waals surface area contributed by atoms with Gasteiger partial charge in [-0.1, -0.05) is 15.9 Å². The molecular weight excluding hydrogens is 260 g/mol. The average molecular weight is 281 g/mol. The Morgan fingerprint density at radius 3 is 2.67 bits per heavy atom. The number of rotatable bonds is 8. The van der Waals surface area contributed by atoms with E-state index in [4.69, 9.17) is 14.2 Å². The highest BCUT2D eigenvalue weighted by Crippen LogP contribution is 2.28. The van der Waals surface area contributed by atoms with Crippen molar-refractivity contribution < 1.29 is 14.2 Å². The molecule has 0 aromatic rings. The number of ether oxygens (including phenoxy) is 3. The van der Waals surface area contributed by atoms with Crippen molar-refractivity contribution in [3.63, 3.8) is 0 Å². The van der Waals surface area contributed by atoms with Gasteiger partial charge in [0, 0.05) is 25.2 Å². The lowest BCUT2D eigenvalue weighted by Crippen LogP contribution is -2.19. The van der Waals surface area contributed by atoms with Crippen LogP contribution < -0.4 is 0 Å². The molecule has 1 fully saturated rings. The van der Waals surface area contributed by atoms with Crippen LogP contribution in [0.2, 0.25) is 0 Å². The summed E-state index contributed by atoms with van der Waals surface area (Å²) < 4.78 is 16.0. The van der Waals surface area contributed by atoms with E-state index in [1.54, 1.807) is 7.11 Å². The molecule has 1 aliphatic carbocycles. The van der Waals surface area contributed by atoms with Gasteiger partial charge in [-0.05, 0) is 25.7 Å². The Kier molecular flexibility index (Phi) is 7.61. The predicted octanol–water partition coefficient (Wildman–Crippen LogP) is 2.37. The average Bonchev–Trinajstić information content (AvgIpc) is 2.63. The van der Waals surface area contributed by atoms with Gasteiger partial charge in [-0.3, -0.25) is 0 Å². The zero-order valence-electron chi connectivity index (χ0n) is 9.41. The van der Waals surface area contributed by atoms with Crippen molar-refractivity contribution in [2.45, 2.75) is 36.6 Å². The lowest BCUT2D eigenvalue weighted by molar-refractivity contribution is 0.0286. The topological polar surface area (TPSA) is 27.7 Å². The zero-order valence-corrected chi connectivity index (χ0v) is 11.0. The summed E-state index contributed by atoms with van der Waals surface area (Å²) in [6, 6.07) is 0. The molecule has 0 bridgehead atoms. The van der Waals surface area contributed by atoms with E-state index in [0.29, 0.717) is 24.1 Å². The van der Waals surface area contributed by atoms with Crippen molar-refractivity contribution >= 4 is 15.9 Å². The fourth-order valence-corrected chi connectivity index (χ4v) is 2.45. The Hall–Kier alpha value is 0.360. The van der Waals surface area contributed by atoms with Crippen LogP contribution in [0.3, 0.4) is 0 Å². The molecule has 4 heteroatoms. The Labute approximate surface area is 101 Å². The van der Waals surface area contributed by atoms with Gasteiger partial charge in [-0.15, -0.1) is 0 Å². The summed E-state index contributed by atoms with van der Waals surface area (Å²) in [5.74, 6) is 0. The van der Waals surface area contributed by atoms with Crippen molar-refractivity contribution in [1.29, 1.82) is 0 Å². The number of alkyl halides is 1. The summed E-state index contributed by atoms with van der Waals surface area (Å²) >= 11 is 3.64. The zero-order chi connectivity index (χ0) is 10.9. The van der Waals surface area contributed by atoms with Gasteiger partial charge in [0.2, 0.25) is 0 Å². The molecule has 0 amide bonds. The van der Waals surface area contributed by atoms with Crippen LogP contribution in [0.4, 0.5) is 0 Å². The van der Waals surface area contributed by atoms with Gasteiger partial charge in [0.1, 0.15) is 0 Å². The van der Waals surface area contributed by atoms with Gasteiger partial charge in [0.05, 0.1) is 19.3 Å². The smallest absolute Gasteiger partial charge is 0.0700 e. The molecule has 1 aliphatic rings. The van der Waals surface area contributed by atoms with Crippen LogP contribution in [0.15, 0.2) is 0 Å². The van der Waals surface area contributed by atoms with E-state index >= 15 is 0 Å². The number of methoxy groups -OCH3 is 1. The number of halogens is 1. The van der Waals surface area contributed by atoms with Crippen LogP contribution in [0.25, 0.3) is 0 Å². The molecule has 1 saturated carbocycles. The van der Waals surface area contributed by atoms with Gasteiger partial charge in [-0.2, -0.15) is 0 Å². The molecule has 1 rings (SSSR count). The van der Waals surface area contributed by atoms with Crippen molar-refractivity contribution in [1.82, 2.24) is 0 Å². The highest BCUT2D eigenvalue weighted by molar-refractivity contribution is 9.09. The van der Waals surface area contributed by atoms with Crippen LogP contribution in [0.1, 0.15) is 25.7 Å². The minimum atomic E-state index is 0.420. The monoisotopic (exact) mass is 280 g/mol. The summed E-state index contributed by atoms with van der Waals surface area (Å²) in [6.45, 7) is 2.93. The van der Waals surface area contributed by atoms with Crippen LogP contribution in [-0.4, -0.2) is 44.5 Å². The number of hydrogen-bond acceptors (Lipinski definition) is 3. The Morgan fingerprint density at radius 2 is 2.00 bits per heavy atom. The van der Waals surface area contributed by atoms with E-state index in [9.17, 15) is 0 Å². The standard InChI is InChI=1S/C11H21BrO3/c1-13-8-9-14-6-3-7-15-11-5-2-4-10(11)12/h10-11H,2-9H2,1H3. The molecule has 0 aliphatic heterocycles. The first-order chi connectivity index (χ1) is 7.34. The second-order valence-corrected chi connectivity index (χ2v) is 4.99. The summed E-state index contributed by atoms with van der Waals surface area (Å²) in [7, 11) is 1.68. The molecule has 0 N–H and O–H groups in total. The fraction of sp³-hybridized carbons (Fsp3) is 1.00. The molecule has 2 atom stereocenters. The van der Waals surface area contributed by atoms with Crippen molar-refractivity contribution in [3.05, 3.63) is 0 Å². The van der Waals surface area contributed by atoms with Gasteiger partial charge in [-0.25, -0.2) is 0 Å². The molecule has 0 aromatic carbocycles. The SMILES string of the molecule is COCCOCCCOC1CCCC1Br. The third-order valence-electron chi connectivity index (χ3n) is 2.57. The first-order valence-electron chi connectivity index (χ1n) is 5.67. The van der Waals surface area contributed by atoms with Crippen molar-refractivity contribution in [2.75, 3.05) is 33.5 Å². The van der Waals surface area contributed by atoms with E-state index < -0.39 is 0 Å². The summed E-state index contributed by atoms with van der Waals surface area (Å²) in [5.41, 5.74) is 0. The maximum absolute atomic E-state index is 5.76. The van der Waals surface area contributed by atoms with Gasteiger partial charge in [0.25, 0.3) is 0 Å². The van der Waals surface area contributed by atoms with Crippen LogP contribution in [0.5, 0.6) is 0 Å². The van der Waals surface area contributed by atoms with Crippen LogP contribution in [0, 0.1) is 0 Å². The third kappa shape index (κ3) is 5.85. The summed E-state index contributed by atoms with van der Waals surface area (Å²) in [5, 5.41) is 0. The summed E-state index contributed by atoms with van der Waals surface area (Å²) in [6.07, 6.45) is 5.12. The third-order valence-corrected chi connectivity index (χ3v) is 3.62. The van der Waals surface area contributed by atoms with Gasteiger partial charge in [0.15, 0.2) is 0 Å². The molecule has 0 spiro atoms.